The maximum Gasteiger partial charge on any atom is 0.0506 e. The van der Waals surface area contributed by atoms with Crippen LogP contribution in [-0.4, -0.2) is 13.1 Å². The Bertz CT molecular complexity index is 331. The number of aromatic nitrogens is 1. The van der Waals surface area contributed by atoms with Gasteiger partial charge < -0.3 is 0 Å². The number of hydrogen-bond donors (Lipinski definition) is 0. The van der Waals surface area contributed by atoms with Crippen LogP contribution in [0.3, 0.4) is 0 Å². The normalized spacial score (nSPS) is 12.9. The second-order valence-electron chi connectivity index (χ2n) is 6.52. The van der Waals surface area contributed by atoms with Gasteiger partial charge in [0.2, 0.25) is 0 Å². The molecule has 0 fully saturated rings. The van der Waals surface area contributed by atoms with Crippen molar-refractivity contribution >= 4 is 8.07 Å². The summed E-state index contributed by atoms with van der Waals surface area (Å²) in [6.45, 7) is 13.9. The van der Waals surface area contributed by atoms with Crippen LogP contribution < -0.4 is 0 Å². The van der Waals surface area contributed by atoms with E-state index in [1.165, 1.54) is 17.3 Å². The Morgan fingerprint density at radius 3 is 2.27 bits per heavy atom. The van der Waals surface area contributed by atoms with Crippen LogP contribution in [0.1, 0.15) is 32.0 Å². The fourth-order valence-corrected chi connectivity index (χ4v) is 2.86. The molecule has 0 aromatic carbocycles. The fourth-order valence-electron chi connectivity index (χ4n) is 1.58. The Hall–Kier alpha value is -0.633. The maximum atomic E-state index is 4.47. The summed E-state index contributed by atoms with van der Waals surface area (Å²) >= 11 is 0. The smallest absolute Gasteiger partial charge is 0.0506 e. The van der Waals surface area contributed by atoms with Crippen LogP contribution in [0.25, 0.3) is 0 Å². The number of rotatable bonds is 2. The van der Waals surface area contributed by atoms with Gasteiger partial charge in [0.15, 0.2) is 0 Å². The molecule has 1 aromatic rings. The predicted molar refractivity (Wildman–Crippen MR) is 70.0 cm³/mol. The van der Waals surface area contributed by atoms with Crippen molar-refractivity contribution in [1.82, 2.24) is 4.98 Å². The van der Waals surface area contributed by atoms with Gasteiger partial charge in [-0.25, -0.2) is 0 Å². The molecule has 0 aliphatic rings. The molecule has 84 valence electrons. The van der Waals surface area contributed by atoms with Crippen molar-refractivity contribution in [3.8, 4) is 0 Å². The first-order valence-corrected chi connectivity index (χ1v) is 9.35. The third-order valence-electron chi connectivity index (χ3n) is 2.39. The molecule has 0 atom stereocenters. The van der Waals surface area contributed by atoms with Crippen molar-refractivity contribution in [2.24, 2.45) is 0 Å². The van der Waals surface area contributed by atoms with Gasteiger partial charge in [0.1, 0.15) is 0 Å². The molecule has 0 aliphatic carbocycles. The van der Waals surface area contributed by atoms with Crippen LogP contribution in [0, 0.1) is 0 Å². The highest BCUT2D eigenvalue weighted by molar-refractivity contribution is 6.75. The minimum Gasteiger partial charge on any atom is -0.262 e. The van der Waals surface area contributed by atoms with Gasteiger partial charge in [-0.3, -0.25) is 4.98 Å². The lowest BCUT2D eigenvalue weighted by atomic mass is 9.87. The molecule has 1 aromatic heterocycles. The molecule has 0 radical (unpaired) electrons. The summed E-state index contributed by atoms with van der Waals surface area (Å²) in [7, 11) is -1.04. The van der Waals surface area contributed by atoms with E-state index in [1.807, 2.05) is 6.20 Å². The second kappa shape index (κ2) is 4.09. The first kappa shape index (κ1) is 12.4. The summed E-state index contributed by atoms with van der Waals surface area (Å²) in [6, 6.07) is 5.59. The summed E-state index contributed by atoms with van der Waals surface area (Å²) in [4.78, 5) is 4.47. The minimum atomic E-state index is -1.04. The molecule has 1 nitrogen and oxygen atoms in total. The molecule has 15 heavy (non-hydrogen) atoms. The van der Waals surface area contributed by atoms with Crippen molar-refractivity contribution in [2.45, 2.75) is 51.9 Å². The Kier molecular flexibility index (Phi) is 3.39. The first-order valence-electron chi connectivity index (χ1n) is 5.64. The third-order valence-corrected chi connectivity index (χ3v) is 3.82. The average Bonchev–Trinajstić information content (AvgIpc) is 1.99. The van der Waals surface area contributed by atoms with Crippen LogP contribution in [0.4, 0.5) is 0 Å². The van der Waals surface area contributed by atoms with Crippen molar-refractivity contribution in [3.05, 3.63) is 29.6 Å². The molecule has 0 saturated heterocycles. The van der Waals surface area contributed by atoms with Crippen molar-refractivity contribution in [3.63, 3.8) is 0 Å². The van der Waals surface area contributed by atoms with E-state index in [4.69, 9.17) is 0 Å². The van der Waals surface area contributed by atoms with Crippen LogP contribution in [-0.2, 0) is 11.5 Å². The van der Waals surface area contributed by atoms with Gasteiger partial charge in [-0.05, 0) is 29.2 Å². The monoisotopic (exact) mass is 221 g/mol. The lowest BCUT2D eigenvalue weighted by Crippen LogP contribution is -2.25. The lowest BCUT2D eigenvalue weighted by molar-refractivity contribution is 0.588. The lowest BCUT2D eigenvalue weighted by Gasteiger charge is -2.21. The molecule has 0 amide bonds. The number of hydrogen-bond acceptors (Lipinski definition) is 1. The zero-order chi connectivity index (χ0) is 11.7. The topological polar surface area (TPSA) is 12.9 Å². The summed E-state index contributed by atoms with van der Waals surface area (Å²) < 4.78 is 0. The van der Waals surface area contributed by atoms with Gasteiger partial charge in [0, 0.05) is 11.9 Å². The molecule has 2 heteroatoms. The number of pyridine rings is 1. The quantitative estimate of drug-likeness (QED) is 0.692. The van der Waals surface area contributed by atoms with E-state index in [0.29, 0.717) is 0 Å². The highest BCUT2D eigenvalue weighted by Crippen LogP contribution is 2.22. The van der Waals surface area contributed by atoms with E-state index < -0.39 is 8.07 Å². The third kappa shape index (κ3) is 4.16. The second-order valence-corrected chi connectivity index (χ2v) is 12.0. The Morgan fingerprint density at radius 1 is 1.20 bits per heavy atom. The molecular formula is C13H23NSi. The highest BCUT2D eigenvalue weighted by Gasteiger charge is 2.18. The maximum absolute atomic E-state index is 4.47. The van der Waals surface area contributed by atoms with Crippen LogP contribution >= 0.6 is 0 Å². The van der Waals surface area contributed by atoms with Crippen LogP contribution in [0.2, 0.25) is 19.6 Å². The zero-order valence-electron chi connectivity index (χ0n) is 10.9. The molecule has 0 saturated carbocycles. The predicted octanol–water partition coefficient (Wildman–Crippen LogP) is 3.80. The molecule has 0 unspecified atom stereocenters. The minimum absolute atomic E-state index is 0.233. The van der Waals surface area contributed by atoms with Crippen LogP contribution in [0.15, 0.2) is 18.3 Å². The number of nitrogens with zero attached hydrogens (tertiary/aromatic N) is 1. The molecule has 1 rings (SSSR count). The van der Waals surface area contributed by atoms with Gasteiger partial charge >= 0.3 is 0 Å². The largest absolute Gasteiger partial charge is 0.262 e. The van der Waals surface area contributed by atoms with Gasteiger partial charge in [0.25, 0.3) is 0 Å². The van der Waals surface area contributed by atoms with Gasteiger partial charge in [-0.1, -0.05) is 40.4 Å². The van der Waals surface area contributed by atoms with Crippen molar-refractivity contribution < 1.29 is 0 Å². The highest BCUT2D eigenvalue weighted by atomic mass is 28.3. The van der Waals surface area contributed by atoms with E-state index in [0.717, 1.165) is 0 Å². The van der Waals surface area contributed by atoms with Gasteiger partial charge in [0.05, 0.1) is 8.07 Å². The standard InChI is InChI=1S/C13H23NSi/c1-13(2,3)11-7-8-14-12(9-11)10-15(4,5)6/h7-9H,10H2,1-6H3. The molecule has 0 N–H and O–H groups in total. The molecule has 0 bridgehead atoms. The summed E-state index contributed by atoms with van der Waals surface area (Å²) in [5.74, 6) is 0. The summed E-state index contributed by atoms with van der Waals surface area (Å²) in [5, 5.41) is 0. The van der Waals surface area contributed by atoms with E-state index in [9.17, 15) is 0 Å². The van der Waals surface area contributed by atoms with Gasteiger partial charge in [-0.2, -0.15) is 0 Å². The van der Waals surface area contributed by atoms with E-state index in [1.54, 1.807) is 0 Å². The van der Waals surface area contributed by atoms with E-state index in [2.05, 4.69) is 57.5 Å². The van der Waals surface area contributed by atoms with Crippen molar-refractivity contribution in [2.75, 3.05) is 0 Å². The van der Waals surface area contributed by atoms with E-state index in [-0.39, 0.29) is 5.41 Å². The Morgan fingerprint density at radius 2 is 1.80 bits per heavy atom. The summed E-state index contributed by atoms with van der Waals surface area (Å²) in [6.07, 6.45) is 1.95. The Balaban J connectivity index is 2.94. The zero-order valence-corrected chi connectivity index (χ0v) is 11.9. The fraction of sp³-hybridized carbons (Fsp3) is 0.615. The average molecular weight is 221 g/mol. The SMILES string of the molecule is CC(C)(C)c1ccnc(C[Si](C)(C)C)c1. The Labute approximate surface area is 95.0 Å². The van der Waals surface area contributed by atoms with Crippen LogP contribution in [0.5, 0.6) is 0 Å². The van der Waals surface area contributed by atoms with E-state index >= 15 is 0 Å². The summed E-state index contributed by atoms with van der Waals surface area (Å²) in [5.41, 5.74) is 2.89. The van der Waals surface area contributed by atoms with Gasteiger partial charge in [-0.15, -0.1) is 0 Å². The molecular weight excluding hydrogens is 198 g/mol. The molecule has 0 spiro atoms. The molecule has 0 aliphatic heterocycles. The first-order chi connectivity index (χ1) is 6.68. The molecule has 1 heterocycles. The van der Waals surface area contributed by atoms with Crippen molar-refractivity contribution in [1.29, 1.82) is 0 Å².